The monoisotopic (exact) mass is 203 g/mol. The molecule has 1 rings (SSSR count). The molecule has 0 bridgehead atoms. The second kappa shape index (κ2) is 5.14. The standard InChI is InChI=1S/C9H18FN3O/c1-6(2)12-9(14)13-8-3-4-11-5-7(8)10/h6-8,11H,3-5H2,1-2H3,(H2,12,13,14). The Bertz CT molecular complexity index is 198. The Balaban J connectivity index is 2.31. The first-order valence-electron chi connectivity index (χ1n) is 5.01. The predicted octanol–water partition coefficient (Wildman–Crippen LogP) is 0.394. The number of carbonyl (C=O) groups excluding carboxylic acids is 1. The van der Waals surface area contributed by atoms with Gasteiger partial charge in [0.25, 0.3) is 0 Å². The lowest BCUT2D eigenvalue weighted by Gasteiger charge is -2.27. The summed E-state index contributed by atoms with van der Waals surface area (Å²) in [4.78, 5) is 11.3. The van der Waals surface area contributed by atoms with Crippen LogP contribution >= 0.6 is 0 Å². The first kappa shape index (κ1) is 11.2. The Hall–Kier alpha value is -0.840. The topological polar surface area (TPSA) is 53.2 Å². The number of nitrogens with one attached hydrogen (secondary N) is 3. The zero-order chi connectivity index (χ0) is 10.6. The molecule has 1 aliphatic rings. The van der Waals surface area contributed by atoms with Gasteiger partial charge in [0.05, 0.1) is 6.04 Å². The first-order valence-corrected chi connectivity index (χ1v) is 5.01. The van der Waals surface area contributed by atoms with Crippen LogP contribution in [-0.4, -0.2) is 37.4 Å². The second-order valence-corrected chi connectivity index (χ2v) is 3.89. The molecule has 2 amide bonds. The Morgan fingerprint density at radius 3 is 2.86 bits per heavy atom. The molecule has 4 nitrogen and oxygen atoms in total. The fourth-order valence-corrected chi connectivity index (χ4v) is 1.46. The van der Waals surface area contributed by atoms with Crippen molar-refractivity contribution in [3.8, 4) is 0 Å². The van der Waals surface area contributed by atoms with Gasteiger partial charge in [-0.15, -0.1) is 0 Å². The van der Waals surface area contributed by atoms with Gasteiger partial charge in [-0.2, -0.15) is 0 Å². The molecule has 1 fully saturated rings. The number of alkyl halides is 1. The number of piperidine rings is 1. The van der Waals surface area contributed by atoms with Crippen molar-refractivity contribution in [3.05, 3.63) is 0 Å². The third-order valence-corrected chi connectivity index (χ3v) is 2.14. The largest absolute Gasteiger partial charge is 0.336 e. The van der Waals surface area contributed by atoms with Crippen LogP contribution in [0, 0.1) is 0 Å². The van der Waals surface area contributed by atoms with Gasteiger partial charge in [-0.25, -0.2) is 9.18 Å². The maximum Gasteiger partial charge on any atom is 0.315 e. The molecule has 0 spiro atoms. The molecule has 0 saturated carbocycles. The van der Waals surface area contributed by atoms with Gasteiger partial charge in [0, 0.05) is 12.6 Å². The minimum Gasteiger partial charge on any atom is -0.336 e. The Morgan fingerprint density at radius 1 is 1.57 bits per heavy atom. The molecule has 3 N–H and O–H groups in total. The zero-order valence-electron chi connectivity index (χ0n) is 8.64. The Kier molecular flexibility index (Phi) is 4.13. The molecule has 0 aliphatic carbocycles. The number of halogens is 1. The van der Waals surface area contributed by atoms with Crippen molar-refractivity contribution in [3.63, 3.8) is 0 Å². The van der Waals surface area contributed by atoms with E-state index in [1.807, 2.05) is 13.8 Å². The summed E-state index contributed by atoms with van der Waals surface area (Å²) < 4.78 is 13.2. The highest BCUT2D eigenvalue weighted by Crippen LogP contribution is 2.06. The van der Waals surface area contributed by atoms with Crippen LogP contribution in [-0.2, 0) is 0 Å². The number of amides is 2. The zero-order valence-corrected chi connectivity index (χ0v) is 8.64. The molecule has 2 unspecified atom stereocenters. The van der Waals surface area contributed by atoms with Crippen molar-refractivity contribution >= 4 is 6.03 Å². The SMILES string of the molecule is CC(C)NC(=O)NC1CCNCC1F. The van der Waals surface area contributed by atoms with Crippen LogP contribution in [0.15, 0.2) is 0 Å². The van der Waals surface area contributed by atoms with Gasteiger partial charge >= 0.3 is 6.03 Å². The van der Waals surface area contributed by atoms with E-state index in [1.165, 1.54) is 0 Å². The average molecular weight is 203 g/mol. The van der Waals surface area contributed by atoms with E-state index in [1.54, 1.807) is 0 Å². The maximum absolute atomic E-state index is 13.2. The number of carbonyl (C=O) groups is 1. The quantitative estimate of drug-likeness (QED) is 0.608. The van der Waals surface area contributed by atoms with Crippen molar-refractivity contribution in [2.24, 2.45) is 0 Å². The molecule has 14 heavy (non-hydrogen) atoms. The Labute approximate surface area is 83.6 Å². The van der Waals surface area contributed by atoms with Crippen molar-refractivity contribution in [2.75, 3.05) is 13.1 Å². The van der Waals surface area contributed by atoms with E-state index in [0.29, 0.717) is 13.0 Å². The van der Waals surface area contributed by atoms with E-state index < -0.39 is 6.17 Å². The van der Waals surface area contributed by atoms with Crippen molar-refractivity contribution in [1.29, 1.82) is 0 Å². The fraction of sp³-hybridized carbons (Fsp3) is 0.889. The summed E-state index contributed by atoms with van der Waals surface area (Å²) in [5, 5.41) is 8.24. The summed E-state index contributed by atoms with van der Waals surface area (Å²) in [5.74, 6) is 0. The summed E-state index contributed by atoms with van der Waals surface area (Å²) in [6, 6.07) is -0.556. The van der Waals surface area contributed by atoms with Gasteiger partial charge < -0.3 is 16.0 Å². The van der Waals surface area contributed by atoms with Crippen LogP contribution in [0.3, 0.4) is 0 Å². The summed E-state index contributed by atoms with van der Waals surface area (Å²) in [7, 11) is 0. The molecule has 0 aromatic heterocycles. The van der Waals surface area contributed by atoms with E-state index >= 15 is 0 Å². The van der Waals surface area contributed by atoms with E-state index in [-0.39, 0.29) is 18.1 Å². The molecule has 0 aromatic rings. The van der Waals surface area contributed by atoms with Crippen LogP contribution in [0.25, 0.3) is 0 Å². The minimum absolute atomic E-state index is 0.0785. The number of hydrogen-bond donors (Lipinski definition) is 3. The smallest absolute Gasteiger partial charge is 0.315 e. The van der Waals surface area contributed by atoms with E-state index in [4.69, 9.17) is 0 Å². The second-order valence-electron chi connectivity index (χ2n) is 3.89. The van der Waals surface area contributed by atoms with Crippen LogP contribution in [0.2, 0.25) is 0 Å². The molecule has 1 heterocycles. The van der Waals surface area contributed by atoms with Gasteiger partial charge in [0.2, 0.25) is 0 Å². The lowest BCUT2D eigenvalue weighted by molar-refractivity contribution is 0.191. The average Bonchev–Trinajstić information content (AvgIpc) is 2.07. The molecule has 1 aliphatic heterocycles. The van der Waals surface area contributed by atoms with E-state index in [9.17, 15) is 9.18 Å². The van der Waals surface area contributed by atoms with E-state index in [0.717, 1.165) is 6.54 Å². The van der Waals surface area contributed by atoms with Gasteiger partial charge in [0.15, 0.2) is 0 Å². The van der Waals surface area contributed by atoms with Crippen LogP contribution in [0.1, 0.15) is 20.3 Å². The van der Waals surface area contributed by atoms with Gasteiger partial charge in [-0.1, -0.05) is 0 Å². The summed E-state index contributed by atoms with van der Waals surface area (Å²) >= 11 is 0. The van der Waals surface area contributed by atoms with Crippen molar-refractivity contribution in [2.45, 2.75) is 38.5 Å². The normalized spacial score (nSPS) is 27.4. The molecular formula is C9H18FN3O. The molecule has 82 valence electrons. The molecule has 0 aromatic carbocycles. The maximum atomic E-state index is 13.2. The Morgan fingerprint density at radius 2 is 2.29 bits per heavy atom. The first-order chi connectivity index (χ1) is 6.59. The molecule has 5 heteroatoms. The number of hydrogen-bond acceptors (Lipinski definition) is 2. The van der Waals surface area contributed by atoms with Gasteiger partial charge in [-0.3, -0.25) is 0 Å². The van der Waals surface area contributed by atoms with Crippen LogP contribution in [0.4, 0.5) is 9.18 Å². The highest BCUT2D eigenvalue weighted by Gasteiger charge is 2.25. The fourth-order valence-electron chi connectivity index (χ4n) is 1.46. The van der Waals surface area contributed by atoms with Gasteiger partial charge in [0.1, 0.15) is 6.17 Å². The highest BCUT2D eigenvalue weighted by atomic mass is 19.1. The van der Waals surface area contributed by atoms with Crippen molar-refractivity contribution < 1.29 is 9.18 Å². The highest BCUT2D eigenvalue weighted by molar-refractivity contribution is 5.74. The molecular weight excluding hydrogens is 185 g/mol. The third kappa shape index (κ3) is 3.49. The van der Waals surface area contributed by atoms with E-state index in [2.05, 4.69) is 16.0 Å². The summed E-state index contributed by atoms with van der Waals surface area (Å²) in [6.07, 6.45) is -0.339. The van der Waals surface area contributed by atoms with Crippen LogP contribution < -0.4 is 16.0 Å². The predicted molar refractivity (Wildman–Crippen MR) is 53.0 cm³/mol. The van der Waals surface area contributed by atoms with Crippen molar-refractivity contribution in [1.82, 2.24) is 16.0 Å². The summed E-state index contributed by atoms with van der Waals surface area (Å²) in [5.41, 5.74) is 0. The molecule has 1 saturated heterocycles. The minimum atomic E-state index is -0.985. The molecule has 2 atom stereocenters. The van der Waals surface area contributed by atoms with Gasteiger partial charge in [-0.05, 0) is 26.8 Å². The number of rotatable bonds is 2. The third-order valence-electron chi connectivity index (χ3n) is 2.14. The summed E-state index contributed by atoms with van der Waals surface area (Å²) in [6.45, 7) is 4.82. The number of urea groups is 1. The van der Waals surface area contributed by atoms with Crippen LogP contribution in [0.5, 0.6) is 0 Å². The lowest BCUT2D eigenvalue weighted by Crippen LogP contribution is -2.54. The lowest BCUT2D eigenvalue weighted by atomic mass is 10.1. The molecule has 0 radical (unpaired) electrons.